The highest BCUT2D eigenvalue weighted by atomic mass is 16.3. The van der Waals surface area contributed by atoms with E-state index >= 15 is 0 Å². The molecule has 0 aliphatic carbocycles. The molecule has 0 aliphatic heterocycles. The van der Waals surface area contributed by atoms with Gasteiger partial charge in [0.1, 0.15) is 12.6 Å². The van der Waals surface area contributed by atoms with Crippen LogP contribution in [0.5, 0.6) is 0 Å². The average molecular weight is 218 g/mol. The van der Waals surface area contributed by atoms with E-state index in [1.807, 2.05) is 0 Å². The monoisotopic (exact) mass is 218 g/mol. The number of nitrogens with zero attached hydrogens (tertiary/aromatic N) is 4. The fraction of sp³-hybridized carbons (Fsp3) is 0.200. The molecule has 2 rings (SSSR count). The zero-order valence-electron chi connectivity index (χ0n) is 8.39. The molecule has 1 N–H and O–H groups in total. The lowest BCUT2D eigenvalue weighted by Crippen LogP contribution is -2.05. The number of carbonyl (C=O) groups is 1. The minimum atomic E-state index is -0.470. The van der Waals surface area contributed by atoms with Crippen LogP contribution in [0, 0.1) is 0 Å². The van der Waals surface area contributed by atoms with Crippen molar-refractivity contribution in [2.24, 2.45) is 0 Å². The van der Waals surface area contributed by atoms with Gasteiger partial charge in [-0.05, 0) is 28.1 Å². The highest BCUT2D eigenvalue weighted by Gasteiger charge is 2.08. The molecule has 1 unspecified atom stereocenters. The third kappa shape index (κ3) is 1.96. The van der Waals surface area contributed by atoms with Crippen LogP contribution in [0.15, 0.2) is 30.6 Å². The van der Waals surface area contributed by atoms with Crippen LogP contribution in [0.3, 0.4) is 0 Å². The summed E-state index contributed by atoms with van der Waals surface area (Å²) in [7, 11) is 0. The summed E-state index contributed by atoms with van der Waals surface area (Å²) in [5, 5.41) is 19.8. The van der Waals surface area contributed by atoms with Gasteiger partial charge >= 0.3 is 0 Å². The number of tetrazole rings is 1. The van der Waals surface area contributed by atoms with E-state index in [0.29, 0.717) is 0 Å². The smallest absolute Gasteiger partial charge is 0.143 e. The van der Waals surface area contributed by atoms with Gasteiger partial charge in [-0.2, -0.15) is 0 Å². The van der Waals surface area contributed by atoms with Crippen molar-refractivity contribution in [1.29, 1.82) is 0 Å². The number of aldehydes is 1. The largest absolute Gasteiger partial charge is 0.395 e. The molecular weight excluding hydrogens is 208 g/mol. The number of aromatic nitrogens is 4. The Hall–Kier alpha value is -2.08. The van der Waals surface area contributed by atoms with Gasteiger partial charge in [-0.1, -0.05) is 12.1 Å². The molecule has 16 heavy (non-hydrogen) atoms. The summed E-state index contributed by atoms with van der Waals surface area (Å²) in [5.74, 6) is -0.470. The number of rotatable bonds is 4. The van der Waals surface area contributed by atoms with Crippen LogP contribution < -0.4 is 0 Å². The van der Waals surface area contributed by atoms with Crippen molar-refractivity contribution in [1.82, 2.24) is 20.2 Å². The lowest BCUT2D eigenvalue weighted by molar-refractivity contribution is -0.109. The third-order valence-corrected chi connectivity index (χ3v) is 2.30. The molecule has 82 valence electrons. The number of carbonyl (C=O) groups excluding carboxylic acids is 1. The van der Waals surface area contributed by atoms with Crippen molar-refractivity contribution in [3.05, 3.63) is 36.2 Å². The van der Waals surface area contributed by atoms with Crippen LogP contribution in [0.1, 0.15) is 11.5 Å². The van der Waals surface area contributed by atoms with Crippen molar-refractivity contribution in [3.8, 4) is 5.69 Å². The fourth-order valence-electron chi connectivity index (χ4n) is 1.38. The lowest BCUT2D eigenvalue weighted by Gasteiger charge is -2.07. The first-order chi connectivity index (χ1) is 7.85. The Kier molecular flexibility index (Phi) is 3.02. The van der Waals surface area contributed by atoms with E-state index < -0.39 is 5.92 Å². The molecule has 0 amide bonds. The summed E-state index contributed by atoms with van der Waals surface area (Å²) < 4.78 is 1.51. The van der Waals surface area contributed by atoms with Crippen LogP contribution >= 0.6 is 0 Å². The fourth-order valence-corrected chi connectivity index (χ4v) is 1.38. The molecule has 0 spiro atoms. The maximum atomic E-state index is 10.7. The van der Waals surface area contributed by atoms with Crippen LogP contribution in [0.2, 0.25) is 0 Å². The van der Waals surface area contributed by atoms with Crippen LogP contribution in [-0.4, -0.2) is 38.2 Å². The number of aliphatic hydroxyl groups is 1. The van der Waals surface area contributed by atoms with Gasteiger partial charge < -0.3 is 9.90 Å². The number of hydrogen-bond acceptors (Lipinski definition) is 5. The Labute approximate surface area is 91.5 Å². The van der Waals surface area contributed by atoms with E-state index in [1.165, 1.54) is 11.0 Å². The SMILES string of the molecule is O=CC(CO)c1ccc(-n2cnnn2)cc1. The minimum Gasteiger partial charge on any atom is -0.395 e. The van der Waals surface area contributed by atoms with E-state index in [0.717, 1.165) is 17.5 Å². The first-order valence-electron chi connectivity index (χ1n) is 4.74. The second-order valence-corrected chi connectivity index (χ2v) is 3.27. The van der Waals surface area contributed by atoms with Gasteiger partial charge in [0.25, 0.3) is 0 Å². The molecule has 1 aromatic heterocycles. The highest BCUT2D eigenvalue weighted by Crippen LogP contribution is 2.15. The van der Waals surface area contributed by atoms with E-state index in [9.17, 15) is 4.79 Å². The maximum absolute atomic E-state index is 10.7. The van der Waals surface area contributed by atoms with Crippen molar-refractivity contribution in [2.45, 2.75) is 5.92 Å². The molecule has 6 heteroatoms. The first kappa shape index (κ1) is 10.4. The number of hydrogen-bond donors (Lipinski definition) is 1. The number of aliphatic hydroxyl groups excluding tert-OH is 1. The quantitative estimate of drug-likeness (QED) is 0.727. The zero-order chi connectivity index (χ0) is 11.4. The second kappa shape index (κ2) is 4.63. The van der Waals surface area contributed by atoms with Crippen molar-refractivity contribution >= 4 is 6.29 Å². The van der Waals surface area contributed by atoms with Gasteiger partial charge in [-0.25, -0.2) is 4.68 Å². The van der Waals surface area contributed by atoms with Crippen LogP contribution in [-0.2, 0) is 4.79 Å². The Morgan fingerprint density at radius 3 is 2.62 bits per heavy atom. The summed E-state index contributed by atoms with van der Waals surface area (Å²) in [4.78, 5) is 10.7. The van der Waals surface area contributed by atoms with Gasteiger partial charge in [0.2, 0.25) is 0 Å². The average Bonchev–Trinajstić information content (AvgIpc) is 2.85. The van der Waals surface area contributed by atoms with Crippen LogP contribution in [0.25, 0.3) is 5.69 Å². The first-order valence-corrected chi connectivity index (χ1v) is 4.74. The van der Waals surface area contributed by atoms with Crippen LogP contribution in [0.4, 0.5) is 0 Å². The molecule has 0 radical (unpaired) electrons. The molecule has 1 heterocycles. The Bertz CT molecular complexity index is 452. The highest BCUT2D eigenvalue weighted by molar-refractivity contribution is 5.62. The summed E-state index contributed by atoms with van der Waals surface area (Å²) in [5.41, 5.74) is 1.57. The molecule has 0 bridgehead atoms. The Balaban J connectivity index is 2.26. The lowest BCUT2D eigenvalue weighted by atomic mass is 10.0. The molecular formula is C10H10N4O2. The Morgan fingerprint density at radius 2 is 2.12 bits per heavy atom. The normalized spacial score (nSPS) is 12.3. The predicted molar refractivity (Wildman–Crippen MR) is 55.0 cm³/mol. The minimum absolute atomic E-state index is 0.187. The molecule has 0 aliphatic rings. The second-order valence-electron chi connectivity index (χ2n) is 3.27. The van der Waals surface area contributed by atoms with Gasteiger partial charge in [-0.15, -0.1) is 5.10 Å². The Morgan fingerprint density at radius 1 is 1.38 bits per heavy atom. The van der Waals surface area contributed by atoms with E-state index in [2.05, 4.69) is 15.5 Å². The topological polar surface area (TPSA) is 80.9 Å². The van der Waals surface area contributed by atoms with E-state index in [4.69, 9.17) is 5.11 Å². The molecule has 1 atom stereocenters. The van der Waals surface area contributed by atoms with Crippen molar-refractivity contribution in [3.63, 3.8) is 0 Å². The maximum Gasteiger partial charge on any atom is 0.143 e. The molecule has 6 nitrogen and oxygen atoms in total. The van der Waals surface area contributed by atoms with Gasteiger partial charge in [0.15, 0.2) is 0 Å². The summed E-state index contributed by atoms with van der Waals surface area (Å²) in [6, 6.07) is 7.12. The van der Waals surface area contributed by atoms with Gasteiger partial charge in [0.05, 0.1) is 18.2 Å². The third-order valence-electron chi connectivity index (χ3n) is 2.30. The molecule has 0 saturated heterocycles. The molecule has 1 aromatic carbocycles. The van der Waals surface area contributed by atoms with Gasteiger partial charge in [0, 0.05) is 0 Å². The summed E-state index contributed by atoms with van der Waals surface area (Å²) in [6.07, 6.45) is 2.21. The summed E-state index contributed by atoms with van der Waals surface area (Å²) >= 11 is 0. The standard InChI is InChI=1S/C10H10N4O2/c15-5-9(6-16)8-1-3-10(4-2-8)14-7-11-12-13-14/h1-5,7,9,16H,6H2. The van der Waals surface area contributed by atoms with Crippen molar-refractivity contribution < 1.29 is 9.90 Å². The summed E-state index contributed by atoms with van der Waals surface area (Å²) in [6.45, 7) is -0.187. The van der Waals surface area contributed by atoms with E-state index in [1.54, 1.807) is 24.3 Å². The predicted octanol–water partition coefficient (Wildman–Crippen LogP) is -0.0629. The molecule has 0 fully saturated rings. The number of benzene rings is 1. The molecule has 2 aromatic rings. The zero-order valence-corrected chi connectivity index (χ0v) is 8.39. The van der Waals surface area contributed by atoms with Crippen molar-refractivity contribution in [2.75, 3.05) is 6.61 Å². The van der Waals surface area contributed by atoms with Gasteiger partial charge in [-0.3, -0.25) is 0 Å². The molecule has 0 saturated carbocycles. The van der Waals surface area contributed by atoms with E-state index in [-0.39, 0.29) is 6.61 Å².